The summed E-state index contributed by atoms with van der Waals surface area (Å²) in [7, 11) is 0. The molecule has 2 aromatic rings. The third-order valence-electron chi connectivity index (χ3n) is 2.63. The van der Waals surface area contributed by atoms with E-state index in [-0.39, 0.29) is 5.76 Å². The van der Waals surface area contributed by atoms with Crippen molar-refractivity contribution >= 4 is 34.8 Å². The van der Waals surface area contributed by atoms with Gasteiger partial charge in [-0.2, -0.15) is 5.10 Å². The minimum Gasteiger partial charge on any atom is -0.456 e. The Balaban J connectivity index is 2.10. The molecule has 1 aromatic heterocycles. The lowest BCUT2D eigenvalue weighted by molar-refractivity contribution is 0.0926. The largest absolute Gasteiger partial charge is 0.456 e. The highest BCUT2D eigenvalue weighted by Gasteiger charge is 2.09. The topological polar surface area (TPSA) is 54.6 Å². The van der Waals surface area contributed by atoms with E-state index in [1.807, 2.05) is 0 Å². The molecule has 0 aliphatic carbocycles. The van der Waals surface area contributed by atoms with E-state index in [2.05, 4.69) is 10.5 Å². The molecular weight excluding hydrogens is 299 g/mol. The zero-order chi connectivity index (χ0) is 14.7. The van der Waals surface area contributed by atoms with Crippen molar-refractivity contribution in [1.82, 2.24) is 5.43 Å². The third kappa shape index (κ3) is 3.40. The summed E-state index contributed by atoms with van der Waals surface area (Å²) in [6.07, 6.45) is 0. The number of hydrogen-bond donors (Lipinski definition) is 1. The van der Waals surface area contributed by atoms with Gasteiger partial charge in [-0.1, -0.05) is 29.3 Å². The highest BCUT2D eigenvalue weighted by Crippen LogP contribution is 2.22. The molecule has 0 fully saturated rings. The van der Waals surface area contributed by atoms with Gasteiger partial charge in [0.1, 0.15) is 5.76 Å². The monoisotopic (exact) mass is 310 g/mol. The Kier molecular flexibility index (Phi) is 4.47. The Bertz CT molecular complexity index is 678. The van der Waals surface area contributed by atoms with Gasteiger partial charge < -0.3 is 4.42 Å². The molecule has 0 aliphatic rings. The SMILES string of the molecule is C/C(=N\NC(=O)c1ccc(C)o1)c1ccc(Cl)c(Cl)c1. The molecule has 0 atom stereocenters. The molecule has 0 radical (unpaired) electrons. The number of hydrogen-bond acceptors (Lipinski definition) is 3. The lowest BCUT2D eigenvalue weighted by Crippen LogP contribution is -2.18. The zero-order valence-electron chi connectivity index (χ0n) is 10.9. The van der Waals surface area contributed by atoms with Gasteiger partial charge in [0.15, 0.2) is 5.76 Å². The number of benzene rings is 1. The summed E-state index contributed by atoms with van der Waals surface area (Å²) >= 11 is 11.8. The standard InChI is InChI=1S/C14H12Cl2N2O2/c1-8-3-6-13(20-8)14(19)18-17-9(2)10-4-5-11(15)12(16)7-10/h3-7H,1-2H3,(H,18,19)/b17-9+. The van der Waals surface area contributed by atoms with Crippen molar-refractivity contribution < 1.29 is 9.21 Å². The Morgan fingerprint density at radius 2 is 1.95 bits per heavy atom. The number of halogens is 2. The van der Waals surface area contributed by atoms with Crippen molar-refractivity contribution in [2.75, 3.05) is 0 Å². The predicted molar refractivity (Wildman–Crippen MR) is 79.6 cm³/mol. The summed E-state index contributed by atoms with van der Waals surface area (Å²) in [5, 5.41) is 4.91. The van der Waals surface area contributed by atoms with Crippen LogP contribution in [0, 0.1) is 6.92 Å². The van der Waals surface area contributed by atoms with E-state index in [1.54, 1.807) is 44.2 Å². The first-order valence-electron chi connectivity index (χ1n) is 5.84. The lowest BCUT2D eigenvalue weighted by Gasteiger charge is -2.03. The summed E-state index contributed by atoms with van der Waals surface area (Å²) in [5.74, 6) is 0.478. The number of hydrazone groups is 1. The minimum absolute atomic E-state index is 0.216. The maximum absolute atomic E-state index is 11.8. The molecule has 1 heterocycles. The quantitative estimate of drug-likeness (QED) is 0.687. The van der Waals surface area contributed by atoms with Gasteiger partial charge >= 0.3 is 5.91 Å². The molecule has 0 spiro atoms. The molecule has 6 heteroatoms. The van der Waals surface area contributed by atoms with Crippen molar-refractivity contribution in [2.45, 2.75) is 13.8 Å². The molecule has 0 unspecified atom stereocenters. The minimum atomic E-state index is -0.405. The second-order valence-corrected chi connectivity index (χ2v) is 4.99. The Morgan fingerprint density at radius 1 is 1.20 bits per heavy atom. The molecule has 0 bridgehead atoms. The van der Waals surface area contributed by atoms with Gasteiger partial charge in [-0.05, 0) is 43.7 Å². The van der Waals surface area contributed by atoms with Crippen molar-refractivity contribution in [2.24, 2.45) is 5.10 Å². The van der Waals surface area contributed by atoms with Gasteiger partial charge in [0.2, 0.25) is 0 Å². The number of aryl methyl sites for hydroxylation is 1. The van der Waals surface area contributed by atoms with Crippen LogP contribution >= 0.6 is 23.2 Å². The molecular formula is C14H12Cl2N2O2. The summed E-state index contributed by atoms with van der Waals surface area (Å²) in [4.78, 5) is 11.8. The average Bonchev–Trinajstić information content (AvgIpc) is 2.85. The molecule has 1 aromatic carbocycles. The van der Waals surface area contributed by atoms with E-state index in [9.17, 15) is 4.79 Å². The lowest BCUT2D eigenvalue weighted by atomic mass is 10.1. The van der Waals surface area contributed by atoms with Crippen LogP contribution < -0.4 is 5.43 Å². The van der Waals surface area contributed by atoms with Crippen LogP contribution in [0.4, 0.5) is 0 Å². The Hall–Kier alpha value is -1.78. The maximum Gasteiger partial charge on any atom is 0.307 e. The van der Waals surface area contributed by atoms with E-state index in [1.165, 1.54) is 0 Å². The Labute approximate surface area is 126 Å². The van der Waals surface area contributed by atoms with E-state index < -0.39 is 5.91 Å². The van der Waals surface area contributed by atoms with Gasteiger partial charge in [-0.3, -0.25) is 4.79 Å². The number of carbonyl (C=O) groups excluding carboxylic acids is 1. The van der Waals surface area contributed by atoms with Gasteiger partial charge in [0.25, 0.3) is 0 Å². The summed E-state index contributed by atoms with van der Waals surface area (Å²) < 4.78 is 5.20. The molecule has 20 heavy (non-hydrogen) atoms. The fourth-order valence-corrected chi connectivity index (χ4v) is 1.83. The van der Waals surface area contributed by atoms with Crippen LogP contribution in [-0.4, -0.2) is 11.6 Å². The van der Waals surface area contributed by atoms with Crippen LogP contribution in [0.25, 0.3) is 0 Å². The summed E-state index contributed by atoms with van der Waals surface area (Å²) in [6, 6.07) is 8.44. The van der Waals surface area contributed by atoms with Crippen molar-refractivity contribution in [1.29, 1.82) is 0 Å². The number of rotatable bonds is 3. The molecule has 104 valence electrons. The van der Waals surface area contributed by atoms with E-state index in [0.717, 1.165) is 5.56 Å². The molecule has 0 saturated carbocycles. The van der Waals surface area contributed by atoms with E-state index >= 15 is 0 Å². The number of furan rings is 1. The average molecular weight is 311 g/mol. The van der Waals surface area contributed by atoms with Crippen molar-refractivity contribution in [3.05, 3.63) is 57.5 Å². The molecule has 0 saturated heterocycles. The predicted octanol–water partition coefficient (Wildman–Crippen LogP) is 4.05. The second-order valence-electron chi connectivity index (χ2n) is 4.18. The molecule has 0 aliphatic heterocycles. The summed E-state index contributed by atoms with van der Waals surface area (Å²) in [5.41, 5.74) is 3.81. The first kappa shape index (κ1) is 14.6. The fraction of sp³-hybridized carbons (Fsp3) is 0.143. The van der Waals surface area contributed by atoms with Crippen molar-refractivity contribution in [3.63, 3.8) is 0 Å². The van der Waals surface area contributed by atoms with Crippen LogP contribution in [0.1, 0.15) is 28.8 Å². The first-order valence-corrected chi connectivity index (χ1v) is 6.59. The number of amides is 1. The number of carbonyl (C=O) groups is 1. The molecule has 1 N–H and O–H groups in total. The van der Waals surface area contributed by atoms with Crippen LogP contribution in [0.2, 0.25) is 10.0 Å². The van der Waals surface area contributed by atoms with E-state index in [4.69, 9.17) is 27.6 Å². The van der Waals surface area contributed by atoms with Gasteiger partial charge in [0, 0.05) is 0 Å². The van der Waals surface area contributed by atoms with Gasteiger partial charge in [-0.15, -0.1) is 0 Å². The van der Waals surface area contributed by atoms with Gasteiger partial charge in [0.05, 0.1) is 15.8 Å². The highest BCUT2D eigenvalue weighted by molar-refractivity contribution is 6.42. The highest BCUT2D eigenvalue weighted by atomic mass is 35.5. The molecule has 4 nitrogen and oxygen atoms in total. The fourth-order valence-electron chi connectivity index (χ4n) is 1.53. The second kappa shape index (κ2) is 6.11. The third-order valence-corrected chi connectivity index (χ3v) is 3.37. The van der Waals surface area contributed by atoms with E-state index in [0.29, 0.717) is 21.5 Å². The maximum atomic E-state index is 11.8. The van der Waals surface area contributed by atoms with Crippen LogP contribution in [0.3, 0.4) is 0 Å². The van der Waals surface area contributed by atoms with Crippen LogP contribution in [0.15, 0.2) is 39.9 Å². The first-order chi connectivity index (χ1) is 9.47. The molecule has 2 rings (SSSR count). The van der Waals surface area contributed by atoms with Gasteiger partial charge in [-0.25, -0.2) is 5.43 Å². The normalized spacial score (nSPS) is 11.5. The molecule has 1 amide bonds. The summed E-state index contributed by atoms with van der Waals surface area (Å²) in [6.45, 7) is 3.52. The van der Waals surface area contributed by atoms with Crippen molar-refractivity contribution in [3.8, 4) is 0 Å². The van der Waals surface area contributed by atoms with Crippen LogP contribution in [-0.2, 0) is 0 Å². The van der Waals surface area contributed by atoms with Crippen LogP contribution in [0.5, 0.6) is 0 Å². The zero-order valence-corrected chi connectivity index (χ0v) is 12.4. The smallest absolute Gasteiger partial charge is 0.307 e. The number of nitrogens with zero attached hydrogens (tertiary/aromatic N) is 1. The Morgan fingerprint density at radius 3 is 2.55 bits per heavy atom. The number of nitrogens with one attached hydrogen (secondary N) is 1.